The molecule has 10 heteroatoms. The molecule has 0 aliphatic carbocycles. The van der Waals surface area contributed by atoms with Crippen LogP contribution in [0.25, 0.3) is 0 Å². The second-order valence-electron chi connectivity index (χ2n) is 5.90. The Hall–Kier alpha value is -2.22. The van der Waals surface area contributed by atoms with E-state index in [1.54, 1.807) is 32.0 Å². The van der Waals surface area contributed by atoms with E-state index in [1.807, 2.05) is 0 Å². The molecule has 0 spiro atoms. The van der Waals surface area contributed by atoms with Crippen LogP contribution in [0.15, 0.2) is 30.3 Å². The molecule has 142 valence electrons. The molecule has 1 unspecified atom stereocenters. The Kier molecular flexibility index (Phi) is 6.52. The Balaban J connectivity index is 2.20. The molecule has 2 rings (SSSR count). The van der Waals surface area contributed by atoms with Crippen molar-refractivity contribution in [3.8, 4) is 5.75 Å². The summed E-state index contributed by atoms with van der Waals surface area (Å²) in [5, 5.41) is 2.82. The smallest absolute Gasteiger partial charge is 0.462 e. The SMILES string of the molecule is CC(C)OC(=O)[C@H](C)NP(=O)(Oc1ccccc1)ON1C(=O)CCC1=O. The van der Waals surface area contributed by atoms with E-state index in [2.05, 4.69) is 5.09 Å². The summed E-state index contributed by atoms with van der Waals surface area (Å²) in [5.41, 5.74) is 0. The summed E-state index contributed by atoms with van der Waals surface area (Å²) in [7, 11) is -4.29. The maximum Gasteiger partial charge on any atom is 0.481 e. The number of rotatable bonds is 8. The summed E-state index contributed by atoms with van der Waals surface area (Å²) >= 11 is 0. The van der Waals surface area contributed by atoms with Crippen molar-refractivity contribution in [3.63, 3.8) is 0 Å². The molecule has 2 atom stereocenters. The second-order valence-corrected chi connectivity index (χ2v) is 7.50. The molecule has 1 saturated heterocycles. The van der Waals surface area contributed by atoms with Crippen molar-refractivity contribution >= 4 is 25.5 Å². The van der Waals surface area contributed by atoms with Gasteiger partial charge in [-0.3, -0.25) is 14.4 Å². The molecular weight excluding hydrogens is 363 g/mol. The molecule has 26 heavy (non-hydrogen) atoms. The lowest BCUT2D eigenvalue weighted by molar-refractivity contribution is -0.166. The number of nitrogens with zero attached hydrogens (tertiary/aromatic N) is 1. The van der Waals surface area contributed by atoms with Gasteiger partial charge in [0.2, 0.25) is 0 Å². The number of nitrogens with one attached hydrogen (secondary N) is 1. The van der Waals surface area contributed by atoms with Gasteiger partial charge in [-0.25, -0.2) is 4.57 Å². The predicted molar refractivity (Wildman–Crippen MR) is 90.7 cm³/mol. The van der Waals surface area contributed by atoms with Crippen LogP contribution in [0.5, 0.6) is 5.75 Å². The van der Waals surface area contributed by atoms with Crippen LogP contribution in [-0.4, -0.2) is 35.0 Å². The molecular formula is C16H21N2O7P. The fourth-order valence-corrected chi connectivity index (χ4v) is 3.57. The fraction of sp³-hybridized carbons (Fsp3) is 0.438. The number of carbonyl (C=O) groups excluding carboxylic acids is 3. The molecule has 1 N–H and O–H groups in total. The van der Waals surface area contributed by atoms with E-state index in [0.717, 1.165) is 0 Å². The third-order valence-electron chi connectivity index (χ3n) is 3.22. The van der Waals surface area contributed by atoms with E-state index in [4.69, 9.17) is 13.9 Å². The van der Waals surface area contributed by atoms with Gasteiger partial charge in [-0.15, -0.1) is 5.06 Å². The third kappa shape index (κ3) is 5.39. The summed E-state index contributed by atoms with van der Waals surface area (Å²) in [5.74, 6) is -1.77. The highest BCUT2D eigenvalue weighted by Crippen LogP contribution is 2.46. The van der Waals surface area contributed by atoms with Crippen LogP contribution in [0.2, 0.25) is 0 Å². The van der Waals surface area contributed by atoms with Gasteiger partial charge in [0.1, 0.15) is 11.8 Å². The molecule has 1 aliphatic rings. The van der Waals surface area contributed by atoms with Crippen molar-refractivity contribution in [2.24, 2.45) is 0 Å². The van der Waals surface area contributed by atoms with Crippen LogP contribution in [0.3, 0.4) is 0 Å². The maximum atomic E-state index is 13.1. The first-order chi connectivity index (χ1) is 12.2. The minimum Gasteiger partial charge on any atom is -0.462 e. The van der Waals surface area contributed by atoms with E-state index < -0.39 is 31.6 Å². The normalized spacial score (nSPS) is 17.9. The van der Waals surface area contributed by atoms with Crippen molar-refractivity contribution in [1.29, 1.82) is 0 Å². The number of hydrogen-bond donors (Lipinski definition) is 1. The molecule has 1 aliphatic heterocycles. The third-order valence-corrected chi connectivity index (χ3v) is 4.75. The highest BCUT2D eigenvalue weighted by molar-refractivity contribution is 7.52. The van der Waals surface area contributed by atoms with E-state index >= 15 is 0 Å². The number of para-hydroxylation sites is 1. The minimum absolute atomic E-state index is 0.0465. The van der Waals surface area contributed by atoms with Gasteiger partial charge in [0, 0.05) is 12.8 Å². The Morgan fingerprint density at radius 2 is 1.69 bits per heavy atom. The van der Waals surface area contributed by atoms with E-state index in [-0.39, 0.29) is 24.7 Å². The molecule has 0 saturated carbocycles. The maximum absolute atomic E-state index is 13.1. The lowest BCUT2D eigenvalue weighted by Gasteiger charge is -2.25. The number of hydrogen-bond acceptors (Lipinski definition) is 7. The topological polar surface area (TPSA) is 111 Å². The Bertz CT molecular complexity index is 707. The number of imide groups is 1. The highest BCUT2D eigenvalue weighted by Gasteiger charge is 2.41. The van der Waals surface area contributed by atoms with Crippen LogP contribution >= 0.6 is 7.75 Å². The average molecular weight is 384 g/mol. The Labute approximate surface area is 151 Å². The van der Waals surface area contributed by atoms with Crippen molar-refractivity contribution in [1.82, 2.24) is 10.2 Å². The van der Waals surface area contributed by atoms with Crippen LogP contribution in [0.1, 0.15) is 33.6 Å². The Morgan fingerprint density at radius 3 is 2.23 bits per heavy atom. The highest BCUT2D eigenvalue weighted by atomic mass is 31.2. The van der Waals surface area contributed by atoms with E-state index in [9.17, 15) is 18.9 Å². The molecule has 0 bridgehead atoms. The fourth-order valence-electron chi connectivity index (χ4n) is 2.07. The second kappa shape index (κ2) is 8.44. The first kappa shape index (κ1) is 20.1. The lowest BCUT2D eigenvalue weighted by Crippen LogP contribution is -2.39. The van der Waals surface area contributed by atoms with Gasteiger partial charge in [0.15, 0.2) is 0 Å². The summed E-state index contributed by atoms with van der Waals surface area (Å²) in [4.78, 5) is 35.5. The molecule has 0 radical (unpaired) electrons. The first-order valence-electron chi connectivity index (χ1n) is 8.08. The molecule has 9 nitrogen and oxygen atoms in total. The van der Waals surface area contributed by atoms with Crippen LogP contribution < -0.4 is 9.61 Å². The van der Waals surface area contributed by atoms with Gasteiger partial charge in [-0.2, -0.15) is 9.71 Å². The number of amides is 2. The lowest BCUT2D eigenvalue weighted by atomic mass is 10.3. The van der Waals surface area contributed by atoms with Crippen molar-refractivity contribution in [3.05, 3.63) is 30.3 Å². The van der Waals surface area contributed by atoms with Crippen LogP contribution in [0, 0.1) is 0 Å². The van der Waals surface area contributed by atoms with Crippen molar-refractivity contribution in [2.45, 2.75) is 45.8 Å². The van der Waals surface area contributed by atoms with Gasteiger partial charge in [0.25, 0.3) is 11.8 Å². The molecule has 1 aromatic rings. The van der Waals surface area contributed by atoms with Gasteiger partial charge in [-0.1, -0.05) is 18.2 Å². The first-order valence-corrected chi connectivity index (χ1v) is 9.63. The molecule has 0 aromatic heterocycles. The van der Waals surface area contributed by atoms with Gasteiger partial charge < -0.3 is 9.26 Å². The number of esters is 1. The zero-order chi connectivity index (χ0) is 19.3. The standard InChI is InChI=1S/C16H21N2O7P/c1-11(2)23-16(21)12(3)17-26(22,24-13-7-5-4-6-8-13)25-18-14(19)9-10-15(18)20/h4-8,11-12H,9-10H2,1-3H3,(H,17,22)/t12-,26?/m0/s1. The zero-order valence-corrected chi connectivity index (χ0v) is 15.6. The van der Waals surface area contributed by atoms with E-state index in [0.29, 0.717) is 5.06 Å². The molecule has 1 fully saturated rings. The monoisotopic (exact) mass is 384 g/mol. The quantitative estimate of drug-likeness (QED) is 0.412. The molecule has 1 aromatic carbocycles. The molecule has 1 heterocycles. The summed E-state index contributed by atoms with van der Waals surface area (Å²) in [6.07, 6.45) is -0.464. The summed E-state index contributed by atoms with van der Waals surface area (Å²) < 4.78 is 28.6. The van der Waals surface area contributed by atoms with Crippen LogP contribution in [0.4, 0.5) is 0 Å². The summed E-state index contributed by atoms with van der Waals surface area (Å²) in [6, 6.07) is 6.97. The van der Waals surface area contributed by atoms with Gasteiger partial charge in [-0.05, 0) is 32.9 Å². The van der Waals surface area contributed by atoms with Crippen LogP contribution in [-0.2, 0) is 28.3 Å². The number of benzene rings is 1. The summed E-state index contributed by atoms with van der Waals surface area (Å²) in [6.45, 7) is 4.74. The largest absolute Gasteiger partial charge is 0.481 e. The van der Waals surface area contributed by atoms with Crippen molar-refractivity contribution < 1.29 is 32.8 Å². The average Bonchev–Trinajstić information content (AvgIpc) is 2.86. The minimum atomic E-state index is -4.29. The molecule has 2 amide bonds. The zero-order valence-electron chi connectivity index (χ0n) is 14.7. The van der Waals surface area contributed by atoms with Gasteiger partial charge in [0.05, 0.1) is 6.10 Å². The Morgan fingerprint density at radius 1 is 1.12 bits per heavy atom. The number of carbonyl (C=O) groups is 3. The number of ether oxygens (including phenoxy) is 1. The van der Waals surface area contributed by atoms with Crippen molar-refractivity contribution in [2.75, 3.05) is 0 Å². The predicted octanol–water partition coefficient (Wildman–Crippen LogP) is 2.18. The number of hydroxylamine groups is 2. The van der Waals surface area contributed by atoms with E-state index in [1.165, 1.54) is 19.1 Å². The van der Waals surface area contributed by atoms with Gasteiger partial charge >= 0.3 is 13.7 Å².